The summed E-state index contributed by atoms with van der Waals surface area (Å²) in [4.78, 5) is 30.0. The van der Waals surface area contributed by atoms with Gasteiger partial charge in [-0.1, -0.05) is 11.7 Å². The van der Waals surface area contributed by atoms with Gasteiger partial charge in [-0.25, -0.2) is 13.8 Å². The van der Waals surface area contributed by atoms with Crippen LogP contribution in [0.25, 0.3) is 0 Å². The third-order valence-corrected chi connectivity index (χ3v) is 6.61. The van der Waals surface area contributed by atoms with E-state index in [1.54, 1.807) is 12.1 Å². The van der Waals surface area contributed by atoms with Gasteiger partial charge in [0, 0.05) is 24.0 Å². The molecule has 5 rings (SSSR count). The molecule has 2 aromatic heterocycles. The van der Waals surface area contributed by atoms with E-state index in [9.17, 15) is 18.4 Å². The van der Waals surface area contributed by atoms with E-state index in [1.807, 2.05) is 4.90 Å². The van der Waals surface area contributed by atoms with Gasteiger partial charge < -0.3 is 25.1 Å². The molecule has 1 amide bonds. The smallest absolute Gasteiger partial charge is 0.320 e. The number of amides is 1. The second-order valence-electron chi connectivity index (χ2n) is 9.11. The van der Waals surface area contributed by atoms with E-state index in [4.69, 9.17) is 9.52 Å². The van der Waals surface area contributed by atoms with Gasteiger partial charge in [-0.3, -0.25) is 9.59 Å². The molecule has 2 aliphatic rings. The van der Waals surface area contributed by atoms with Crippen molar-refractivity contribution in [2.75, 3.05) is 22.1 Å². The van der Waals surface area contributed by atoms with Crippen molar-refractivity contribution in [3.8, 4) is 0 Å². The number of pyridine rings is 1. The molecule has 3 N–H and O–H groups in total. The lowest BCUT2D eigenvalue weighted by molar-refractivity contribution is -0.150. The third kappa shape index (κ3) is 4.61. The highest BCUT2D eigenvalue weighted by Crippen LogP contribution is 2.54. The molecule has 2 fully saturated rings. The predicted molar refractivity (Wildman–Crippen MR) is 125 cm³/mol. The minimum Gasteiger partial charge on any atom is -0.481 e. The Balaban J connectivity index is 1.17. The van der Waals surface area contributed by atoms with E-state index in [0.717, 1.165) is 30.7 Å². The van der Waals surface area contributed by atoms with Crippen LogP contribution >= 0.6 is 0 Å². The number of nitrogens with zero attached hydrogens (tertiary/aromatic N) is 4. The lowest BCUT2D eigenvalue weighted by Gasteiger charge is -2.51. The summed E-state index contributed by atoms with van der Waals surface area (Å²) in [6.45, 7) is 4.86. The lowest BCUT2D eigenvalue weighted by Crippen LogP contribution is -2.48. The fourth-order valence-electron chi connectivity index (χ4n) is 4.78. The van der Waals surface area contributed by atoms with Gasteiger partial charge in [-0.2, -0.15) is 0 Å². The normalized spacial score (nSPS) is 21.2. The molecule has 10 nitrogen and oxygen atoms in total. The maximum atomic E-state index is 13.3. The van der Waals surface area contributed by atoms with Gasteiger partial charge in [0.05, 0.1) is 17.8 Å². The van der Waals surface area contributed by atoms with Crippen LogP contribution in [0.5, 0.6) is 0 Å². The number of carboxylic acid groups (broad SMARTS) is 1. The van der Waals surface area contributed by atoms with Crippen molar-refractivity contribution in [2.45, 2.75) is 25.7 Å². The van der Waals surface area contributed by atoms with E-state index in [-0.39, 0.29) is 28.9 Å². The SMILES string of the molecule is C=C1CC2(CCN1c1ccc(NC(=O)c3nnc(Nc4ccc(F)c(F)c4)o3)cn1)CC(C(=O)O)C2. The molecule has 1 aromatic carbocycles. The molecular weight excluding hydrogens is 474 g/mol. The minimum atomic E-state index is -1.05. The summed E-state index contributed by atoms with van der Waals surface area (Å²) in [5.41, 5.74) is 1.49. The van der Waals surface area contributed by atoms with Crippen LogP contribution in [-0.2, 0) is 4.79 Å². The van der Waals surface area contributed by atoms with E-state index in [2.05, 4.69) is 32.4 Å². The number of halogens is 2. The molecule has 0 atom stereocenters. The molecule has 186 valence electrons. The first-order chi connectivity index (χ1) is 17.2. The summed E-state index contributed by atoms with van der Waals surface area (Å²) in [5, 5.41) is 21.7. The van der Waals surface area contributed by atoms with Crippen LogP contribution in [-0.4, -0.2) is 38.7 Å². The maximum absolute atomic E-state index is 13.3. The quantitative estimate of drug-likeness (QED) is 0.456. The first-order valence-corrected chi connectivity index (χ1v) is 11.2. The molecular formula is C24H22F2N6O4. The van der Waals surface area contributed by atoms with Gasteiger partial charge in [0.25, 0.3) is 0 Å². The standard InChI is InChI=1S/C24H22F2N6O4/c1-13-9-24(10-14(11-24)22(34)35)6-7-32(13)19-5-3-16(12-27-19)28-20(33)21-30-31-23(36-21)29-15-2-4-17(25)18(26)8-15/h2-5,8,12,14H,1,6-7,9-11H2,(H,28,33)(H,29,31)(H,34,35). The number of benzene rings is 1. The van der Waals surface area contributed by atoms with Gasteiger partial charge in [0.1, 0.15) is 5.82 Å². The highest BCUT2D eigenvalue weighted by molar-refractivity contribution is 6.00. The summed E-state index contributed by atoms with van der Waals surface area (Å²) in [6, 6.07) is 6.41. The monoisotopic (exact) mass is 496 g/mol. The highest BCUT2D eigenvalue weighted by atomic mass is 19.2. The maximum Gasteiger partial charge on any atom is 0.320 e. The number of carbonyl (C=O) groups is 2. The molecule has 1 aliphatic carbocycles. The van der Waals surface area contributed by atoms with E-state index in [0.29, 0.717) is 30.9 Å². The fourth-order valence-corrected chi connectivity index (χ4v) is 4.78. The molecule has 3 heterocycles. The van der Waals surface area contributed by atoms with E-state index < -0.39 is 23.5 Å². The highest BCUT2D eigenvalue weighted by Gasteiger charge is 2.49. The molecule has 1 saturated heterocycles. The average molecular weight is 496 g/mol. The van der Waals surface area contributed by atoms with Crippen molar-refractivity contribution in [1.29, 1.82) is 0 Å². The fraction of sp³-hybridized carbons (Fsp3) is 0.292. The van der Waals surface area contributed by atoms with Crippen LogP contribution in [0.1, 0.15) is 36.4 Å². The topological polar surface area (TPSA) is 133 Å². The van der Waals surface area contributed by atoms with Crippen LogP contribution in [0.2, 0.25) is 0 Å². The predicted octanol–water partition coefficient (Wildman–Crippen LogP) is 4.33. The number of anilines is 4. The van der Waals surface area contributed by atoms with Crippen LogP contribution in [0.4, 0.5) is 32.0 Å². The summed E-state index contributed by atoms with van der Waals surface area (Å²) in [6.07, 6.45) is 4.46. The number of piperidine rings is 1. The van der Waals surface area contributed by atoms with Gasteiger partial charge in [0.15, 0.2) is 11.6 Å². The molecule has 36 heavy (non-hydrogen) atoms. The largest absolute Gasteiger partial charge is 0.481 e. The zero-order valence-electron chi connectivity index (χ0n) is 19.0. The first-order valence-electron chi connectivity index (χ1n) is 11.2. The van der Waals surface area contributed by atoms with Crippen molar-refractivity contribution in [3.63, 3.8) is 0 Å². The summed E-state index contributed by atoms with van der Waals surface area (Å²) >= 11 is 0. The van der Waals surface area contributed by atoms with Crippen LogP contribution in [0, 0.1) is 23.0 Å². The van der Waals surface area contributed by atoms with Crippen molar-refractivity contribution in [2.24, 2.45) is 11.3 Å². The molecule has 0 unspecified atom stereocenters. The van der Waals surface area contributed by atoms with Crippen LogP contribution in [0.3, 0.4) is 0 Å². The number of aromatic nitrogens is 3. The second-order valence-corrected chi connectivity index (χ2v) is 9.11. The van der Waals surface area contributed by atoms with Gasteiger partial charge in [-0.15, -0.1) is 5.10 Å². The number of allylic oxidation sites excluding steroid dienone is 1. The number of rotatable bonds is 6. The van der Waals surface area contributed by atoms with Crippen molar-refractivity contribution in [3.05, 3.63) is 66.3 Å². The minimum absolute atomic E-state index is 0.0210. The zero-order chi connectivity index (χ0) is 25.4. The Labute approximate surface area is 204 Å². The molecule has 3 aromatic rings. The van der Waals surface area contributed by atoms with Crippen molar-refractivity contribution in [1.82, 2.24) is 15.2 Å². The van der Waals surface area contributed by atoms with Crippen molar-refractivity contribution >= 4 is 35.1 Å². The Bertz CT molecular complexity index is 1340. The summed E-state index contributed by atoms with van der Waals surface area (Å²) < 4.78 is 31.6. The van der Waals surface area contributed by atoms with Gasteiger partial charge in [-0.05, 0) is 55.4 Å². The summed E-state index contributed by atoms with van der Waals surface area (Å²) in [7, 11) is 0. The Morgan fingerprint density at radius 2 is 1.92 bits per heavy atom. The average Bonchev–Trinajstić information content (AvgIpc) is 3.29. The number of aliphatic carboxylic acids is 1. The van der Waals surface area contributed by atoms with Crippen molar-refractivity contribution < 1.29 is 27.9 Å². The molecule has 12 heteroatoms. The molecule has 1 saturated carbocycles. The number of hydrogen-bond acceptors (Lipinski definition) is 8. The number of hydrogen-bond donors (Lipinski definition) is 3. The van der Waals surface area contributed by atoms with Crippen LogP contribution in [0.15, 0.2) is 53.2 Å². The Kier molecular flexibility index (Phi) is 5.86. The van der Waals surface area contributed by atoms with Crippen LogP contribution < -0.4 is 15.5 Å². The molecule has 0 radical (unpaired) electrons. The molecule has 0 bridgehead atoms. The number of carbonyl (C=O) groups excluding carboxylic acids is 1. The Morgan fingerprint density at radius 1 is 1.14 bits per heavy atom. The zero-order valence-corrected chi connectivity index (χ0v) is 19.0. The third-order valence-electron chi connectivity index (χ3n) is 6.61. The van der Waals surface area contributed by atoms with E-state index in [1.165, 1.54) is 12.3 Å². The Morgan fingerprint density at radius 3 is 2.58 bits per heavy atom. The van der Waals surface area contributed by atoms with E-state index >= 15 is 0 Å². The number of nitrogens with one attached hydrogen (secondary N) is 2. The van der Waals surface area contributed by atoms with Gasteiger partial charge >= 0.3 is 23.8 Å². The van der Waals surface area contributed by atoms with Gasteiger partial charge in [0.2, 0.25) is 0 Å². The summed E-state index contributed by atoms with van der Waals surface area (Å²) in [5.74, 6) is -3.36. The molecule has 1 aliphatic heterocycles. The Hall–Kier alpha value is -4.35. The lowest BCUT2D eigenvalue weighted by atomic mass is 9.57. The number of carboxylic acids is 1. The molecule has 1 spiro atoms. The second kappa shape index (κ2) is 9.02. The first kappa shape index (κ1) is 23.4.